The van der Waals surface area contributed by atoms with Gasteiger partial charge in [0.1, 0.15) is 5.82 Å². The molecule has 0 bridgehead atoms. The Hall–Kier alpha value is -2.62. The van der Waals surface area contributed by atoms with Crippen LogP contribution in [-0.2, 0) is 17.9 Å². The van der Waals surface area contributed by atoms with E-state index in [4.69, 9.17) is 4.98 Å². The third-order valence-electron chi connectivity index (χ3n) is 6.97. The molecule has 1 atom stereocenters. The molecule has 30 heavy (non-hydrogen) atoms. The van der Waals surface area contributed by atoms with Crippen molar-refractivity contribution in [2.45, 2.75) is 64.0 Å². The van der Waals surface area contributed by atoms with E-state index in [1.165, 1.54) is 49.6 Å². The van der Waals surface area contributed by atoms with Gasteiger partial charge in [0.05, 0.1) is 11.0 Å². The molecule has 1 aromatic heterocycles. The Morgan fingerprint density at radius 3 is 2.53 bits per heavy atom. The van der Waals surface area contributed by atoms with Crippen LogP contribution in [0, 0.1) is 5.92 Å². The van der Waals surface area contributed by atoms with Crippen LogP contribution in [0.15, 0.2) is 54.6 Å². The van der Waals surface area contributed by atoms with Crippen molar-refractivity contribution in [1.29, 1.82) is 0 Å². The minimum absolute atomic E-state index is 0.181. The lowest BCUT2D eigenvalue weighted by molar-refractivity contribution is -0.128. The third-order valence-corrected chi connectivity index (χ3v) is 6.97. The van der Waals surface area contributed by atoms with Crippen molar-refractivity contribution in [2.75, 3.05) is 6.54 Å². The van der Waals surface area contributed by atoms with Crippen molar-refractivity contribution in [2.24, 2.45) is 5.92 Å². The first kappa shape index (κ1) is 19.3. The number of aromatic nitrogens is 2. The Balaban J connectivity index is 1.37. The van der Waals surface area contributed by atoms with E-state index in [1.54, 1.807) is 0 Å². The largest absolute Gasteiger partial charge is 0.338 e. The van der Waals surface area contributed by atoms with Crippen LogP contribution in [0.3, 0.4) is 0 Å². The molecule has 1 amide bonds. The van der Waals surface area contributed by atoms with Crippen molar-refractivity contribution >= 4 is 16.9 Å². The molecule has 4 nitrogen and oxygen atoms in total. The molecule has 4 heteroatoms. The minimum atomic E-state index is 0.181. The first-order valence-corrected chi connectivity index (χ1v) is 11.5. The summed E-state index contributed by atoms with van der Waals surface area (Å²) in [5.41, 5.74) is 3.47. The quantitative estimate of drug-likeness (QED) is 0.545. The van der Waals surface area contributed by atoms with E-state index in [1.807, 2.05) is 23.1 Å². The van der Waals surface area contributed by atoms with Crippen molar-refractivity contribution in [1.82, 2.24) is 14.5 Å². The fourth-order valence-electron chi connectivity index (χ4n) is 5.33. The summed E-state index contributed by atoms with van der Waals surface area (Å²) >= 11 is 0. The predicted molar refractivity (Wildman–Crippen MR) is 120 cm³/mol. The van der Waals surface area contributed by atoms with Gasteiger partial charge in [0.25, 0.3) is 0 Å². The Labute approximate surface area is 178 Å². The fraction of sp³-hybridized carbons (Fsp3) is 0.462. The Bertz CT molecular complexity index is 1000. The van der Waals surface area contributed by atoms with E-state index < -0.39 is 0 Å². The van der Waals surface area contributed by atoms with Crippen LogP contribution in [-0.4, -0.2) is 26.9 Å². The molecule has 3 aromatic rings. The molecular formula is C26H31N3O. The van der Waals surface area contributed by atoms with Gasteiger partial charge in [-0.25, -0.2) is 4.98 Å². The van der Waals surface area contributed by atoms with Crippen molar-refractivity contribution in [3.63, 3.8) is 0 Å². The molecule has 1 saturated heterocycles. The number of benzene rings is 2. The number of nitrogens with zero attached hydrogens (tertiary/aromatic N) is 3. The second-order valence-electron chi connectivity index (χ2n) is 9.06. The lowest BCUT2D eigenvalue weighted by atomic mass is 9.87. The monoisotopic (exact) mass is 401 g/mol. The van der Waals surface area contributed by atoms with Gasteiger partial charge in [0, 0.05) is 32.0 Å². The second-order valence-corrected chi connectivity index (χ2v) is 9.06. The summed E-state index contributed by atoms with van der Waals surface area (Å²) in [6.07, 6.45) is 8.70. The van der Waals surface area contributed by atoms with Gasteiger partial charge in [0.2, 0.25) is 5.91 Å². The van der Waals surface area contributed by atoms with Gasteiger partial charge in [-0.05, 0) is 30.0 Å². The number of carbonyl (C=O) groups excluding carboxylic acids is 1. The van der Waals surface area contributed by atoms with Gasteiger partial charge in [-0.1, -0.05) is 74.6 Å². The van der Waals surface area contributed by atoms with Crippen LogP contribution >= 0.6 is 0 Å². The number of carbonyl (C=O) groups is 1. The second kappa shape index (κ2) is 8.63. The minimum Gasteiger partial charge on any atom is -0.338 e. The molecule has 0 N–H and O–H groups in total. The van der Waals surface area contributed by atoms with Gasteiger partial charge < -0.3 is 9.47 Å². The van der Waals surface area contributed by atoms with Gasteiger partial charge in [-0.3, -0.25) is 4.79 Å². The molecule has 2 heterocycles. The molecular weight excluding hydrogens is 370 g/mol. The van der Waals surface area contributed by atoms with Crippen LogP contribution < -0.4 is 0 Å². The molecule has 2 aromatic carbocycles. The van der Waals surface area contributed by atoms with Gasteiger partial charge >= 0.3 is 0 Å². The van der Waals surface area contributed by atoms with Gasteiger partial charge in [-0.15, -0.1) is 0 Å². The maximum atomic E-state index is 12.8. The first-order chi connectivity index (χ1) is 14.8. The average molecular weight is 402 g/mol. The Kier molecular flexibility index (Phi) is 5.56. The van der Waals surface area contributed by atoms with Crippen LogP contribution in [0.4, 0.5) is 0 Å². The van der Waals surface area contributed by atoms with Crippen LogP contribution in [0.1, 0.15) is 62.3 Å². The zero-order chi connectivity index (χ0) is 20.3. The summed E-state index contributed by atoms with van der Waals surface area (Å²) in [6, 6.07) is 18.8. The topological polar surface area (TPSA) is 38.1 Å². The van der Waals surface area contributed by atoms with Crippen LogP contribution in [0.25, 0.3) is 11.0 Å². The number of para-hydroxylation sites is 2. The maximum Gasteiger partial charge on any atom is 0.223 e. The molecule has 5 rings (SSSR count). The molecule has 2 aliphatic rings. The standard InChI is InChI=1S/C26H31N3O/c30-25-17-22(19-28(25)18-21-11-5-2-6-12-21)26-27-23-13-7-8-14-24(23)29(26)16-15-20-9-3-1-4-10-20/h2,5-8,11-14,20,22H,1,3-4,9-10,15-19H2/t22-/m0/s1. The number of fused-ring (bicyclic) bond motifs is 1. The zero-order valence-corrected chi connectivity index (χ0v) is 17.7. The fourth-order valence-corrected chi connectivity index (χ4v) is 5.33. The molecule has 0 spiro atoms. The molecule has 0 radical (unpaired) electrons. The number of aryl methyl sites for hydroxylation is 1. The summed E-state index contributed by atoms with van der Waals surface area (Å²) in [5, 5.41) is 0. The number of hydrogen-bond acceptors (Lipinski definition) is 2. The number of hydrogen-bond donors (Lipinski definition) is 0. The normalized spacial score (nSPS) is 20.3. The average Bonchev–Trinajstić information content (AvgIpc) is 3.34. The SMILES string of the molecule is O=C1C[C@H](c2nc3ccccc3n2CCC2CCCCC2)CN1Cc1ccccc1. The number of rotatable bonds is 6. The van der Waals surface area contributed by atoms with Crippen molar-refractivity contribution in [3.05, 3.63) is 66.0 Å². The Morgan fingerprint density at radius 2 is 1.70 bits per heavy atom. The van der Waals surface area contributed by atoms with E-state index >= 15 is 0 Å². The lowest BCUT2D eigenvalue weighted by Crippen LogP contribution is -2.24. The maximum absolute atomic E-state index is 12.8. The van der Waals surface area contributed by atoms with Crippen molar-refractivity contribution in [3.8, 4) is 0 Å². The summed E-state index contributed by atoms with van der Waals surface area (Å²) in [6.45, 7) is 2.48. The lowest BCUT2D eigenvalue weighted by Gasteiger charge is -2.23. The Morgan fingerprint density at radius 1 is 0.933 bits per heavy atom. The summed E-state index contributed by atoms with van der Waals surface area (Å²) in [5.74, 6) is 2.37. The van der Waals surface area contributed by atoms with E-state index in [-0.39, 0.29) is 11.8 Å². The molecule has 156 valence electrons. The highest BCUT2D eigenvalue weighted by Crippen LogP contribution is 2.33. The van der Waals surface area contributed by atoms with E-state index in [0.29, 0.717) is 13.0 Å². The number of likely N-dealkylation sites (tertiary alicyclic amines) is 1. The van der Waals surface area contributed by atoms with Crippen LogP contribution in [0.2, 0.25) is 0 Å². The number of imidazole rings is 1. The summed E-state index contributed by atoms with van der Waals surface area (Å²) < 4.78 is 2.42. The van der Waals surface area contributed by atoms with E-state index in [0.717, 1.165) is 30.3 Å². The van der Waals surface area contributed by atoms with Gasteiger partial charge in [-0.2, -0.15) is 0 Å². The third kappa shape index (κ3) is 4.00. The van der Waals surface area contributed by atoms with E-state index in [9.17, 15) is 4.79 Å². The van der Waals surface area contributed by atoms with Crippen LogP contribution in [0.5, 0.6) is 0 Å². The number of amides is 1. The molecule has 1 saturated carbocycles. The highest BCUT2D eigenvalue weighted by atomic mass is 16.2. The summed E-state index contributed by atoms with van der Waals surface area (Å²) in [4.78, 5) is 19.8. The molecule has 2 fully saturated rings. The highest BCUT2D eigenvalue weighted by Gasteiger charge is 2.34. The van der Waals surface area contributed by atoms with Crippen molar-refractivity contribution < 1.29 is 4.79 Å². The molecule has 0 unspecified atom stereocenters. The highest BCUT2D eigenvalue weighted by molar-refractivity contribution is 5.81. The van der Waals surface area contributed by atoms with E-state index in [2.05, 4.69) is 41.0 Å². The predicted octanol–water partition coefficient (Wildman–Crippen LogP) is 5.52. The smallest absolute Gasteiger partial charge is 0.223 e. The summed E-state index contributed by atoms with van der Waals surface area (Å²) in [7, 11) is 0. The zero-order valence-electron chi connectivity index (χ0n) is 17.7. The van der Waals surface area contributed by atoms with Gasteiger partial charge in [0.15, 0.2) is 0 Å². The first-order valence-electron chi connectivity index (χ1n) is 11.5. The molecule has 1 aliphatic heterocycles. The molecule has 1 aliphatic carbocycles.